The maximum atomic E-state index is 13.4. The van der Waals surface area contributed by atoms with E-state index in [1.54, 1.807) is 114 Å². The summed E-state index contributed by atoms with van der Waals surface area (Å²) in [6, 6.07) is 35.7. The van der Waals surface area contributed by atoms with Crippen LogP contribution >= 0.6 is 120 Å². The number of rotatable bonds is 62. The molecule has 0 aliphatic rings. The first kappa shape index (κ1) is 137. The summed E-state index contributed by atoms with van der Waals surface area (Å²) in [5.41, 5.74) is 21.8. The number of carboxylic acids is 1. The number of benzene rings is 4. The van der Waals surface area contributed by atoms with E-state index >= 15 is 0 Å². The van der Waals surface area contributed by atoms with Crippen molar-refractivity contribution in [3.63, 3.8) is 0 Å². The van der Waals surface area contributed by atoms with Gasteiger partial charge in [-0.1, -0.05) is 104 Å². The number of aryl methyl sites for hydroxylation is 4. The molecule has 14 N–H and O–H groups in total. The number of Topliss-reactive ketones (excluding diaryl/α,β-unsaturated/α-hetero) is 2. The molecule has 0 fully saturated rings. The smallest absolute Gasteiger partial charge is 0.471 e. The van der Waals surface area contributed by atoms with Crippen LogP contribution < -0.4 is 59.3 Å². The van der Waals surface area contributed by atoms with Crippen LogP contribution in [0.5, 0.6) is 0 Å². The number of carbonyl (C=O) groups excluding carboxylic acids is 9. The molecule has 4 aromatic carbocycles. The molecule has 4 aromatic heterocycles. The fourth-order valence-corrected chi connectivity index (χ4v) is 19.6. The summed E-state index contributed by atoms with van der Waals surface area (Å²) in [6.07, 6.45) is 27.5. The Morgan fingerprint density at radius 2 is 0.698 bits per heavy atom. The summed E-state index contributed by atoms with van der Waals surface area (Å²) in [5, 5.41) is 35.6. The van der Waals surface area contributed by atoms with Gasteiger partial charge in [-0.25, -0.2) is 4.79 Å². The monoisotopic (exact) mass is 2270 g/mol. The number of alkyl halides is 4. The zero-order chi connectivity index (χ0) is 110. The molecule has 834 valence electrons. The molecule has 0 bridgehead atoms. The highest BCUT2D eigenvalue weighted by molar-refractivity contribution is 7.99. The second kappa shape index (κ2) is 79.9. The molecule has 7 amide bonds. The van der Waals surface area contributed by atoms with Gasteiger partial charge in [0.05, 0.1) is 71.2 Å². The third-order valence-electron chi connectivity index (χ3n) is 23.7. The number of aromatic carboxylic acids is 1. The van der Waals surface area contributed by atoms with E-state index in [2.05, 4.69) is 125 Å². The third-order valence-corrected chi connectivity index (χ3v) is 28.9. The number of nitrogens with one attached hydrogen (secondary N) is 9. The fourth-order valence-electron chi connectivity index (χ4n) is 15.4. The molecule has 8 atom stereocenters. The quantitative estimate of drug-likeness (QED) is 0.00956. The molecule has 0 aliphatic carbocycles. The van der Waals surface area contributed by atoms with Gasteiger partial charge in [0, 0.05) is 63.9 Å². The lowest BCUT2D eigenvalue weighted by molar-refractivity contribution is -0.174. The van der Waals surface area contributed by atoms with E-state index in [0.29, 0.717) is 133 Å². The van der Waals surface area contributed by atoms with E-state index in [1.807, 2.05) is 139 Å². The molecule has 4 heterocycles. The van der Waals surface area contributed by atoms with Crippen LogP contribution in [0.25, 0.3) is 0 Å². The summed E-state index contributed by atoms with van der Waals surface area (Å²) < 4.78 is 74.4. The van der Waals surface area contributed by atoms with Crippen molar-refractivity contribution in [3.8, 4) is 0 Å². The molecule has 0 radical (unpaired) electrons. The number of halogens is 6. The highest BCUT2D eigenvalue weighted by Crippen LogP contribution is 2.29. The van der Waals surface area contributed by atoms with Gasteiger partial charge in [0.1, 0.15) is 41.2 Å². The average molecular weight is 2270 g/mol. The summed E-state index contributed by atoms with van der Waals surface area (Å²) in [6.45, 7) is 17.1. The minimum absolute atomic E-state index is 0. The molecular formula is C109H163Cl2F4N11O15S8. The second-order valence-electron chi connectivity index (χ2n) is 36.4. The molecule has 0 saturated carbocycles. The minimum Gasteiger partial charge on any atom is -0.478 e. The molecule has 0 spiro atoms. The third kappa shape index (κ3) is 55.1. The van der Waals surface area contributed by atoms with Gasteiger partial charge >= 0.3 is 18.1 Å². The highest BCUT2D eigenvalue weighted by atomic mass is 35.5. The van der Waals surface area contributed by atoms with Gasteiger partial charge < -0.3 is 82.1 Å². The zero-order valence-electron chi connectivity index (χ0n) is 90.2. The largest absolute Gasteiger partial charge is 0.478 e. The maximum Gasteiger partial charge on any atom is 0.471 e. The molecule has 0 unspecified atom stereocenters. The van der Waals surface area contributed by atoms with Crippen LogP contribution in [0.1, 0.15) is 266 Å². The molecule has 26 nitrogen and oxygen atoms in total. The van der Waals surface area contributed by atoms with Crippen molar-refractivity contribution >= 4 is 179 Å². The lowest BCUT2D eigenvalue weighted by Gasteiger charge is -2.21. The number of ketones is 2. The van der Waals surface area contributed by atoms with Gasteiger partial charge in [-0.2, -0.15) is 108 Å². The van der Waals surface area contributed by atoms with Crippen LogP contribution in [0, 0.1) is 0 Å². The van der Waals surface area contributed by atoms with Crippen molar-refractivity contribution in [1.82, 2.24) is 47.9 Å². The number of furan rings is 4. The summed E-state index contributed by atoms with van der Waals surface area (Å²) in [7, 11) is 3.01. The van der Waals surface area contributed by atoms with Crippen molar-refractivity contribution in [2.75, 3.05) is 111 Å². The van der Waals surface area contributed by atoms with Gasteiger partial charge in [0.2, 0.25) is 29.3 Å². The topological polar surface area (TPSA) is 404 Å². The Balaban J connectivity index is 0.000000954. The molecule has 40 heteroatoms. The lowest BCUT2D eigenvalue weighted by Crippen LogP contribution is -2.47. The van der Waals surface area contributed by atoms with Crippen LogP contribution in [-0.4, -0.2) is 230 Å². The normalized spacial score (nSPS) is 12.7. The van der Waals surface area contributed by atoms with Crippen LogP contribution in [0.4, 0.5) is 17.6 Å². The summed E-state index contributed by atoms with van der Waals surface area (Å²) in [5.74, 6) is 4.15. The number of thiol groups is 1. The predicted molar refractivity (Wildman–Crippen MR) is 621 cm³/mol. The number of nitrogens with two attached hydrogens (primary N) is 2. The standard InChI is InChI=1S/C28H38F3N3O4S2.C27H41N3O3S2.C25H37N3O3S2.C17H27NO2S.C11H15NO3S.CH3F.2ClH/c1-18(2)22-11-10-19(7-5-8-20(17-40-4)33-27(37)28(29,30)31)15-23(22)25(35)34-24(12-14-39-3)26(36)32-16-21-9-6-13-38-21;1-19(2)23-12-11-20(8-6-9-21(28-3)18-35-5)16-24(23)26(31)30-25(13-15-34-4)27(32)29-17-22-10-7-14-33-22;1-17(2)21-10-9-18(6-4-7-19(26)16-32)14-22(21)24(29)28-23(11-13-33-3)25(30)27-15-20-8-5-12-31-20;1-12(2)15-9-8-13(10-16(15)17(19)20)6-5-7-14(18-3)11-21-4;1-16-6-4-9(12)11(14)10(13)7-8-3-2-5-15-8;1-2;;/h6,9-11,13,15,18,20,24H,5,7-8,12,14,16-17H2,1-4H3,(H,32,36)(H,33,37)(H,34,35);7,10-12,14,16,19,21,25,28H,6,8-9,13,15,17-18H2,1-5H3,(H,29,32)(H,30,31);5,8-10,12,14,17,19,23,32H,4,6-7,11,13,15-16,26H2,1-3H3,(H,27,30)(H,28,29);8-10,12,14,18H,5-7,11H2,1-4H3,(H,19,20);2-3,5,9H,4,6-7,12H2,1H3;1H3;2*1H/t20-,24+;21-,25+;19-,23+;14-;9-;;;/m11110.../s1/i;;;;;1D;;. The zero-order valence-corrected chi connectivity index (χ0v) is 97.5. The first-order valence-corrected chi connectivity index (χ1v) is 59.9. The Hall–Kier alpha value is -7.96. The van der Waals surface area contributed by atoms with Crippen LogP contribution in [0.3, 0.4) is 0 Å². The average Bonchev–Trinajstić information content (AvgIpc) is 1.56. The number of carbonyl (C=O) groups is 10. The van der Waals surface area contributed by atoms with Gasteiger partial charge in [-0.05, 0) is 325 Å². The first-order valence-electron chi connectivity index (χ1n) is 50.3. The van der Waals surface area contributed by atoms with E-state index in [0.717, 1.165) is 131 Å². The Morgan fingerprint density at radius 1 is 0.409 bits per heavy atom. The summed E-state index contributed by atoms with van der Waals surface area (Å²) >= 11 is 15.8. The van der Waals surface area contributed by atoms with Crippen molar-refractivity contribution < 1.29 is 89.7 Å². The van der Waals surface area contributed by atoms with Gasteiger partial charge in [-0.15, -0.1) is 24.8 Å². The predicted octanol–water partition coefficient (Wildman–Crippen LogP) is 20.6. The van der Waals surface area contributed by atoms with E-state index in [-0.39, 0.29) is 103 Å². The number of thioether (sulfide) groups is 7. The number of hydrogen-bond donors (Lipinski definition) is 13. The van der Waals surface area contributed by atoms with Crippen molar-refractivity contribution in [1.29, 1.82) is 0 Å². The van der Waals surface area contributed by atoms with Crippen molar-refractivity contribution in [2.45, 2.75) is 262 Å². The van der Waals surface area contributed by atoms with E-state index in [4.69, 9.17) is 30.5 Å². The lowest BCUT2D eigenvalue weighted by atomic mass is 9.93. The maximum absolute atomic E-state index is 13.4. The Morgan fingerprint density at radius 3 is 0.973 bits per heavy atom. The number of amides is 7. The van der Waals surface area contributed by atoms with Crippen LogP contribution in [0.15, 0.2) is 164 Å². The second-order valence-corrected chi connectivity index (χ2v) is 43.4. The fraction of sp³-hybridized carbons (Fsp3) is 0.541. The SMILES string of the molecule is CN[C@H](CCCc1ccc(C(C)C)c(C(=O)N[C@@H](CCSC)C(=O)NCc2ccco2)c1)CSC.CN[C@H](CCCc1ccc(C(C)C)c(C(=O)O)c1)CSC.CSCC[C@H](N)C(=O)C(=O)Cc1ccco1.CSCC[C@H](NC(=O)c1cc(CCC[C@@H](N)CS)ccc1C(C)C)C(=O)NCc1ccco1.CSCC[C@H](NC(=O)c1cc(CCC[C@H](CSC)NC(=O)C(F)(F)F)ccc1C(C)C)C(=O)NCc1ccco1.Cl.Cl.[2H]CF. The highest BCUT2D eigenvalue weighted by Gasteiger charge is 2.40. The molecule has 149 heavy (non-hydrogen) atoms. The molecule has 0 aliphatic heterocycles. The Kier molecular flexibility index (Phi) is 73.5. The molecule has 0 saturated heterocycles. The van der Waals surface area contributed by atoms with E-state index < -0.39 is 67.0 Å². The van der Waals surface area contributed by atoms with Crippen molar-refractivity contribution in [3.05, 3.63) is 236 Å². The van der Waals surface area contributed by atoms with E-state index in [1.165, 1.54) is 24.3 Å². The summed E-state index contributed by atoms with van der Waals surface area (Å²) in [4.78, 5) is 125. The Labute approximate surface area is 930 Å². The Bertz CT molecular complexity index is 5120. The van der Waals surface area contributed by atoms with Crippen molar-refractivity contribution in [2.24, 2.45) is 11.5 Å². The number of carboxylic acid groups (broad SMARTS) is 1. The number of hydrogen-bond acceptors (Lipinski definition) is 26. The minimum atomic E-state index is -4.92. The van der Waals surface area contributed by atoms with Gasteiger partial charge in [0.25, 0.3) is 17.7 Å². The van der Waals surface area contributed by atoms with E-state index in [9.17, 15) is 70.6 Å². The molecular weight excluding hydrogens is 2110 g/mol. The van der Waals surface area contributed by atoms with Gasteiger partial charge in [-0.3, -0.25) is 47.5 Å². The van der Waals surface area contributed by atoms with Crippen LogP contribution in [-0.2, 0) is 80.5 Å². The van der Waals surface area contributed by atoms with Gasteiger partial charge in [0.15, 0.2) is 0 Å². The van der Waals surface area contributed by atoms with Crippen LogP contribution in [0.2, 0.25) is 0 Å². The first-order chi connectivity index (χ1) is 70.7. The molecule has 8 rings (SSSR count). The molecule has 8 aromatic rings.